The Morgan fingerprint density at radius 1 is 0.875 bits per heavy atom. The third-order valence-corrected chi connectivity index (χ3v) is 2.82. The van der Waals surface area contributed by atoms with Crippen LogP contribution in [0.4, 0.5) is 0 Å². The summed E-state index contributed by atoms with van der Waals surface area (Å²) in [6, 6.07) is 17.0. The van der Waals surface area contributed by atoms with Gasteiger partial charge in [-0.05, 0) is 30.7 Å². The van der Waals surface area contributed by atoms with Gasteiger partial charge in [-0.1, -0.05) is 49.7 Å². The van der Waals surface area contributed by atoms with Gasteiger partial charge in [0.05, 0.1) is 17.7 Å². The minimum Gasteiger partial charge on any atom is -0.296 e. The van der Waals surface area contributed by atoms with E-state index in [1.807, 2.05) is 13.0 Å². The van der Waals surface area contributed by atoms with Crippen molar-refractivity contribution in [2.45, 2.75) is 19.8 Å². The van der Waals surface area contributed by atoms with Gasteiger partial charge < -0.3 is 0 Å². The molecule has 0 heterocycles. The minimum absolute atomic E-state index is 0.338. The van der Waals surface area contributed by atoms with Crippen LogP contribution in [0.15, 0.2) is 60.7 Å². The largest absolute Gasteiger partial charge is 0.373 e. The van der Waals surface area contributed by atoms with E-state index >= 15 is 0 Å². The van der Waals surface area contributed by atoms with Gasteiger partial charge >= 0.3 is 11.9 Å². The van der Waals surface area contributed by atoms with Crippen LogP contribution in [-0.2, 0) is 14.7 Å². The quantitative estimate of drug-likeness (QED) is 0.491. The highest BCUT2D eigenvalue weighted by molar-refractivity contribution is 5.89. The highest BCUT2D eigenvalue weighted by Crippen LogP contribution is 2.01. The Bertz CT molecular complexity index is 597. The van der Waals surface area contributed by atoms with Crippen molar-refractivity contribution < 1.29 is 29.5 Å². The lowest BCUT2D eigenvalue weighted by Gasteiger charge is -2.02. The minimum atomic E-state index is -0.736. The molecule has 2 rings (SSSR count). The molecule has 0 radical (unpaired) electrons. The summed E-state index contributed by atoms with van der Waals surface area (Å²) in [5, 5.41) is 7.94. The molecule has 0 aliphatic carbocycles. The predicted molar refractivity (Wildman–Crippen MR) is 87.2 cm³/mol. The van der Waals surface area contributed by atoms with Crippen LogP contribution in [0, 0.1) is 0 Å². The van der Waals surface area contributed by atoms with Crippen molar-refractivity contribution in [1.29, 1.82) is 0 Å². The number of benzene rings is 2. The van der Waals surface area contributed by atoms with Gasteiger partial charge in [-0.2, -0.15) is 10.1 Å². The van der Waals surface area contributed by atoms with E-state index in [-0.39, 0.29) is 0 Å². The van der Waals surface area contributed by atoms with Gasteiger partial charge in [0.1, 0.15) is 0 Å². The Balaban J connectivity index is 0.000000254. The average Bonchev–Trinajstić information content (AvgIpc) is 2.66. The second-order valence-electron chi connectivity index (χ2n) is 4.66. The maximum absolute atomic E-state index is 11.3. The maximum Gasteiger partial charge on any atom is 0.373 e. The molecule has 2 aromatic carbocycles. The van der Waals surface area contributed by atoms with Crippen molar-refractivity contribution in [1.82, 2.24) is 0 Å². The summed E-state index contributed by atoms with van der Waals surface area (Å²) in [6.45, 7) is 2.50. The fourth-order valence-corrected chi connectivity index (χ4v) is 1.55. The van der Waals surface area contributed by atoms with Crippen LogP contribution in [0.2, 0.25) is 0 Å². The number of unbranched alkanes of at least 4 members (excludes halogenated alkanes) is 1. The van der Waals surface area contributed by atoms with Crippen molar-refractivity contribution in [3.05, 3.63) is 71.8 Å². The van der Waals surface area contributed by atoms with E-state index in [9.17, 15) is 9.59 Å². The van der Waals surface area contributed by atoms with Crippen molar-refractivity contribution >= 4 is 11.9 Å². The molecule has 0 spiro atoms. The first kappa shape index (κ1) is 19.3. The molecule has 6 heteroatoms. The summed E-state index contributed by atoms with van der Waals surface area (Å²) < 4.78 is 0. The summed E-state index contributed by atoms with van der Waals surface area (Å²) in [6.07, 6.45) is 1.91. The van der Waals surface area contributed by atoms with Crippen LogP contribution in [0.5, 0.6) is 0 Å². The van der Waals surface area contributed by atoms with Gasteiger partial charge in [0.15, 0.2) is 0 Å². The molecule has 0 aliphatic heterocycles. The molecule has 6 nitrogen and oxygen atoms in total. The predicted octanol–water partition coefficient (Wildman–Crippen LogP) is 3.89. The zero-order chi connectivity index (χ0) is 17.6. The number of rotatable bonds is 6. The van der Waals surface area contributed by atoms with Crippen molar-refractivity contribution in [2.24, 2.45) is 0 Å². The molecular weight excluding hydrogens is 312 g/mol. The zero-order valence-electron chi connectivity index (χ0n) is 13.4. The maximum atomic E-state index is 11.3. The average molecular weight is 332 g/mol. The van der Waals surface area contributed by atoms with Crippen molar-refractivity contribution in [3.8, 4) is 0 Å². The zero-order valence-corrected chi connectivity index (χ0v) is 13.4. The lowest BCUT2D eigenvalue weighted by molar-refractivity contribution is -0.241. The fraction of sp³-hybridized carbons (Fsp3) is 0.222. The molecule has 0 saturated heterocycles. The summed E-state index contributed by atoms with van der Waals surface area (Å²) in [5.74, 6) is -1.18. The van der Waals surface area contributed by atoms with Gasteiger partial charge in [0, 0.05) is 0 Å². The normalized spacial score (nSPS) is 9.42. The standard InChI is InChI=1S/C11H14O3.C7H6O3/c1-2-3-9-13-14-11(12)10-7-5-4-6-8-10;8-7(10-9)6-4-2-1-3-5-6/h4-8H,2-3,9H2,1H3;1-5,9H. The summed E-state index contributed by atoms with van der Waals surface area (Å²) in [7, 11) is 0. The molecule has 0 aromatic heterocycles. The molecule has 0 aliphatic rings. The second-order valence-corrected chi connectivity index (χ2v) is 4.66. The van der Waals surface area contributed by atoms with E-state index in [2.05, 4.69) is 9.78 Å². The van der Waals surface area contributed by atoms with Crippen LogP contribution in [-0.4, -0.2) is 23.8 Å². The third kappa shape index (κ3) is 7.53. The number of hydrogen-bond acceptors (Lipinski definition) is 6. The monoisotopic (exact) mass is 332 g/mol. The van der Waals surface area contributed by atoms with Gasteiger partial charge in [0.2, 0.25) is 0 Å². The van der Waals surface area contributed by atoms with Crippen molar-refractivity contribution in [3.63, 3.8) is 0 Å². The highest BCUT2D eigenvalue weighted by Gasteiger charge is 2.06. The molecule has 24 heavy (non-hydrogen) atoms. The molecule has 0 fully saturated rings. The molecule has 0 amide bonds. The smallest absolute Gasteiger partial charge is 0.296 e. The molecular formula is C18H20O6. The topological polar surface area (TPSA) is 82.1 Å². The number of carbonyl (C=O) groups excluding carboxylic acids is 2. The number of carbonyl (C=O) groups is 2. The molecule has 0 bridgehead atoms. The van der Waals surface area contributed by atoms with Crippen LogP contribution in [0.25, 0.3) is 0 Å². The van der Waals surface area contributed by atoms with Crippen molar-refractivity contribution in [2.75, 3.05) is 6.61 Å². The van der Waals surface area contributed by atoms with Crippen LogP contribution < -0.4 is 0 Å². The van der Waals surface area contributed by atoms with E-state index in [1.165, 1.54) is 0 Å². The van der Waals surface area contributed by atoms with Crippen LogP contribution >= 0.6 is 0 Å². The molecule has 0 atom stereocenters. The van der Waals surface area contributed by atoms with E-state index in [4.69, 9.17) is 10.1 Å². The van der Waals surface area contributed by atoms with Crippen LogP contribution in [0.3, 0.4) is 0 Å². The highest BCUT2D eigenvalue weighted by atomic mass is 17.2. The first-order valence-electron chi connectivity index (χ1n) is 7.48. The summed E-state index contributed by atoms with van der Waals surface area (Å²) >= 11 is 0. The van der Waals surface area contributed by atoms with E-state index < -0.39 is 11.9 Å². The first-order chi connectivity index (χ1) is 11.7. The van der Waals surface area contributed by atoms with Gasteiger partial charge in [-0.15, -0.1) is 0 Å². The SMILES string of the molecule is CCCCOOC(=O)c1ccccc1.O=C(OO)c1ccccc1. The molecule has 2 aromatic rings. The second kappa shape index (κ2) is 11.8. The Morgan fingerprint density at radius 3 is 1.83 bits per heavy atom. The van der Waals surface area contributed by atoms with E-state index in [1.54, 1.807) is 54.6 Å². The molecule has 0 saturated carbocycles. The molecule has 1 N–H and O–H groups in total. The summed E-state index contributed by atoms with van der Waals surface area (Å²) in [4.78, 5) is 34.6. The van der Waals surface area contributed by atoms with E-state index in [0.29, 0.717) is 17.7 Å². The van der Waals surface area contributed by atoms with Crippen LogP contribution in [0.1, 0.15) is 40.5 Å². The fourth-order valence-electron chi connectivity index (χ4n) is 1.55. The third-order valence-electron chi connectivity index (χ3n) is 2.82. The van der Waals surface area contributed by atoms with Gasteiger partial charge in [-0.3, -0.25) is 9.78 Å². The van der Waals surface area contributed by atoms with Gasteiger partial charge in [0.25, 0.3) is 0 Å². The Labute approximate surface area is 140 Å². The Kier molecular flexibility index (Phi) is 9.52. The van der Waals surface area contributed by atoms with Gasteiger partial charge in [-0.25, -0.2) is 9.59 Å². The van der Waals surface area contributed by atoms with E-state index in [0.717, 1.165) is 12.8 Å². The molecule has 128 valence electrons. The summed E-state index contributed by atoms with van der Waals surface area (Å²) in [5.41, 5.74) is 0.842. The number of hydrogen-bond donors (Lipinski definition) is 1. The lowest BCUT2D eigenvalue weighted by atomic mass is 10.2. The Morgan fingerprint density at radius 2 is 1.38 bits per heavy atom. The Hall–Kier alpha value is -2.70. The lowest BCUT2D eigenvalue weighted by Crippen LogP contribution is -2.06. The molecule has 0 unspecified atom stereocenters. The first-order valence-corrected chi connectivity index (χ1v) is 7.48.